The third-order valence-corrected chi connectivity index (χ3v) is 3.40. The van der Waals surface area contributed by atoms with Crippen LogP contribution in [0.5, 0.6) is 0 Å². The van der Waals surface area contributed by atoms with Crippen molar-refractivity contribution in [2.24, 2.45) is 0 Å². The first-order chi connectivity index (χ1) is 9.82. The van der Waals surface area contributed by atoms with E-state index in [4.69, 9.17) is 5.11 Å². The molecule has 21 heavy (non-hydrogen) atoms. The third kappa shape index (κ3) is 5.14. The van der Waals surface area contributed by atoms with Crippen molar-refractivity contribution < 1.29 is 14.8 Å². The van der Waals surface area contributed by atoms with Gasteiger partial charge in [-0.1, -0.05) is 0 Å². The number of aromatic nitrogens is 2. The lowest BCUT2D eigenvalue weighted by atomic mass is 10.2. The van der Waals surface area contributed by atoms with Crippen LogP contribution in [0, 0.1) is 17.0 Å². The highest BCUT2D eigenvalue weighted by Gasteiger charge is 2.19. The number of imidazole rings is 1. The molecule has 0 atom stereocenters. The standard InChI is InChI=1S/C13H22N4O4/c1-10(2)15(6-4-5-13(18)19)7-8-16-11(3)14-9-12(16)17(20)21/h9-10H,4-8H2,1-3H3,(H,18,19). The summed E-state index contributed by atoms with van der Waals surface area (Å²) in [6.45, 7) is 7.53. The molecule has 0 aromatic carbocycles. The summed E-state index contributed by atoms with van der Waals surface area (Å²) in [4.78, 5) is 27.1. The number of nitro groups is 1. The Balaban J connectivity index is 2.63. The number of carboxylic acids is 1. The van der Waals surface area contributed by atoms with Crippen LogP contribution in [0.3, 0.4) is 0 Å². The van der Waals surface area contributed by atoms with Crippen LogP contribution in [0.2, 0.25) is 0 Å². The summed E-state index contributed by atoms with van der Waals surface area (Å²) >= 11 is 0. The number of hydrogen-bond donors (Lipinski definition) is 1. The summed E-state index contributed by atoms with van der Waals surface area (Å²) < 4.78 is 1.58. The molecule has 1 aromatic rings. The van der Waals surface area contributed by atoms with Crippen molar-refractivity contribution >= 4 is 11.8 Å². The van der Waals surface area contributed by atoms with E-state index in [1.165, 1.54) is 6.20 Å². The van der Waals surface area contributed by atoms with E-state index in [-0.39, 0.29) is 18.3 Å². The largest absolute Gasteiger partial charge is 0.481 e. The third-order valence-electron chi connectivity index (χ3n) is 3.40. The predicted molar refractivity (Wildman–Crippen MR) is 77.2 cm³/mol. The quantitative estimate of drug-likeness (QED) is 0.549. The van der Waals surface area contributed by atoms with Gasteiger partial charge in [0.25, 0.3) is 0 Å². The van der Waals surface area contributed by atoms with Gasteiger partial charge in [-0.2, -0.15) is 0 Å². The maximum absolute atomic E-state index is 10.9. The van der Waals surface area contributed by atoms with Crippen LogP contribution in [-0.2, 0) is 11.3 Å². The number of hydrogen-bond acceptors (Lipinski definition) is 5. The zero-order valence-corrected chi connectivity index (χ0v) is 12.7. The summed E-state index contributed by atoms with van der Waals surface area (Å²) in [5.74, 6) is -0.211. The van der Waals surface area contributed by atoms with Crippen molar-refractivity contribution in [3.8, 4) is 0 Å². The molecule has 0 saturated heterocycles. The molecule has 1 N–H and O–H groups in total. The molecular formula is C13H22N4O4. The molecule has 0 spiro atoms. The van der Waals surface area contributed by atoms with E-state index < -0.39 is 10.9 Å². The van der Waals surface area contributed by atoms with Gasteiger partial charge < -0.3 is 15.2 Å². The Bertz CT molecular complexity index is 498. The van der Waals surface area contributed by atoms with E-state index >= 15 is 0 Å². The molecule has 1 rings (SSSR count). The molecule has 8 nitrogen and oxygen atoms in total. The number of carbonyl (C=O) groups is 1. The number of nitrogens with zero attached hydrogens (tertiary/aromatic N) is 4. The van der Waals surface area contributed by atoms with E-state index in [0.29, 0.717) is 31.9 Å². The molecular weight excluding hydrogens is 276 g/mol. The van der Waals surface area contributed by atoms with Crippen molar-refractivity contribution in [2.75, 3.05) is 13.1 Å². The summed E-state index contributed by atoms with van der Waals surface area (Å²) in [7, 11) is 0. The van der Waals surface area contributed by atoms with Crippen molar-refractivity contribution in [3.05, 3.63) is 22.1 Å². The van der Waals surface area contributed by atoms with Crippen LogP contribution in [0.25, 0.3) is 0 Å². The monoisotopic (exact) mass is 298 g/mol. The zero-order valence-electron chi connectivity index (χ0n) is 12.7. The summed E-state index contributed by atoms with van der Waals surface area (Å²) in [5, 5.41) is 19.6. The topological polar surface area (TPSA) is 102 Å². The van der Waals surface area contributed by atoms with Gasteiger partial charge in [-0.15, -0.1) is 0 Å². The average molecular weight is 298 g/mol. The lowest BCUT2D eigenvalue weighted by Crippen LogP contribution is -2.35. The number of aliphatic carboxylic acids is 1. The summed E-state index contributed by atoms with van der Waals surface area (Å²) in [5.41, 5.74) is 0. The van der Waals surface area contributed by atoms with Crippen LogP contribution >= 0.6 is 0 Å². The van der Waals surface area contributed by atoms with E-state index in [1.54, 1.807) is 11.5 Å². The Hall–Kier alpha value is -1.96. The lowest BCUT2D eigenvalue weighted by molar-refractivity contribution is -0.392. The van der Waals surface area contributed by atoms with Crippen LogP contribution < -0.4 is 0 Å². The Morgan fingerprint density at radius 2 is 2.19 bits per heavy atom. The van der Waals surface area contributed by atoms with E-state index in [9.17, 15) is 14.9 Å². The second-order valence-electron chi connectivity index (χ2n) is 5.20. The molecule has 0 aliphatic heterocycles. The smallest absolute Gasteiger partial charge is 0.342 e. The zero-order chi connectivity index (χ0) is 16.0. The molecule has 8 heteroatoms. The van der Waals surface area contributed by atoms with Gasteiger partial charge in [0.1, 0.15) is 12.7 Å². The second kappa shape index (κ2) is 7.72. The molecule has 1 aromatic heterocycles. The van der Waals surface area contributed by atoms with Crippen molar-refractivity contribution in [2.45, 2.75) is 46.2 Å². The van der Waals surface area contributed by atoms with Crippen LogP contribution in [0.4, 0.5) is 5.82 Å². The molecule has 0 radical (unpaired) electrons. The SMILES string of the molecule is Cc1ncc([N+](=O)[O-])n1CCN(CCCC(=O)O)C(C)C. The Labute approximate surface area is 123 Å². The van der Waals surface area contributed by atoms with Gasteiger partial charge in [0.2, 0.25) is 0 Å². The number of carboxylic acid groups (broad SMARTS) is 1. The highest BCUT2D eigenvalue weighted by molar-refractivity contribution is 5.66. The van der Waals surface area contributed by atoms with Gasteiger partial charge in [0.05, 0.1) is 0 Å². The van der Waals surface area contributed by atoms with E-state index in [0.717, 1.165) is 0 Å². The summed E-state index contributed by atoms with van der Waals surface area (Å²) in [6, 6.07) is 0.252. The van der Waals surface area contributed by atoms with Gasteiger partial charge in [-0.05, 0) is 31.7 Å². The first-order valence-corrected chi connectivity index (χ1v) is 6.95. The molecule has 0 unspecified atom stereocenters. The van der Waals surface area contributed by atoms with Crippen molar-refractivity contribution in [1.82, 2.24) is 14.5 Å². The Morgan fingerprint density at radius 1 is 1.52 bits per heavy atom. The maximum atomic E-state index is 10.9. The lowest BCUT2D eigenvalue weighted by Gasteiger charge is -2.25. The Morgan fingerprint density at radius 3 is 2.71 bits per heavy atom. The minimum absolute atomic E-state index is 0.0123. The predicted octanol–water partition coefficient (Wildman–Crippen LogP) is 1.67. The molecule has 1 heterocycles. The minimum Gasteiger partial charge on any atom is -0.481 e. The fourth-order valence-electron chi connectivity index (χ4n) is 2.17. The van der Waals surface area contributed by atoms with Crippen LogP contribution in [-0.4, -0.2) is 49.6 Å². The maximum Gasteiger partial charge on any atom is 0.342 e. The number of rotatable bonds is 9. The molecule has 0 fully saturated rings. The number of aryl methyl sites for hydroxylation is 1. The van der Waals surface area contributed by atoms with Gasteiger partial charge in [-0.3, -0.25) is 9.69 Å². The fourth-order valence-corrected chi connectivity index (χ4v) is 2.17. The fraction of sp³-hybridized carbons (Fsp3) is 0.692. The molecule has 0 amide bonds. The molecule has 0 aliphatic carbocycles. The first-order valence-electron chi connectivity index (χ1n) is 6.95. The van der Waals surface area contributed by atoms with Crippen molar-refractivity contribution in [3.63, 3.8) is 0 Å². The second-order valence-corrected chi connectivity index (χ2v) is 5.20. The highest BCUT2D eigenvalue weighted by atomic mass is 16.6. The van der Waals surface area contributed by atoms with Gasteiger partial charge in [0.15, 0.2) is 5.82 Å². The average Bonchev–Trinajstić information content (AvgIpc) is 2.74. The summed E-state index contributed by atoms with van der Waals surface area (Å²) in [6.07, 6.45) is 1.96. The van der Waals surface area contributed by atoms with Crippen LogP contribution in [0.1, 0.15) is 32.5 Å². The van der Waals surface area contributed by atoms with Gasteiger partial charge in [-0.25, -0.2) is 9.55 Å². The Kier molecular flexibility index (Phi) is 6.29. The van der Waals surface area contributed by atoms with Crippen LogP contribution in [0.15, 0.2) is 6.20 Å². The normalized spacial score (nSPS) is 11.3. The van der Waals surface area contributed by atoms with Gasteiger partial charge in [0, 0.05) is 25.9 Å². The molecule has 0 aliphatic rings. The van der Waals surface area contributed by atoms with Crippen molar-refractivity contribution in [1.29, 1.82) is 0 Å². The minimum atomic E-state index is -0.806. The highest BCUT2D eigenvalue weighted by Crippen LogP contribution is 2.14. The molecule has 0 bridgehead atoms. The van der Waals surface area contributed by atoms with E-state index in [1.807, 2.05) is 13.8 Å². The molecule has 118 valence electrons. The molecule has 0 saturated carbocycles. The first kappa shape index (κ1) is 17.1. The van der Waals surface area contributed by atoms with Gasteiger partial charge >= 0.3 is 11.8 Å². The van der Waals surface area contributed by atoms with E-state index in [2.05, 4.69) is 9.88 Å².